The largest absolute Gasteiger partial charge is 0.351 e. The Balaban J connectivity index is 1.37. The Kier molecular flexibility index (Phi) is 4.13. The van der Waals surface area contributed by atoms with Gasteiger partial charge in [0.25, 0.3) is 5.91 Å². The molecule has 1 aliphatic heterocycles. The van der Waals surface area contributed by atoms with Gasteiger partial charge in [0, 0.05) is 37.3 Å². The number of aromatic nitrogens is 3. The third-order valence-electron chi connectivity index (χ3n) is 4.93. The van der Waals surface area contributed by atoms with Gasteiger partial charge in [-0.2, -0.15) is 5.10 Å². The number of thiazole rings is 1. The van der Waals surface area contributed by atoms with E-state index < -0.39 is 0 Å². The minimum Gasteiger partial charge on any atom is -0.351 e. The van der Waals surface area contributed by atoms with Crippen molar-refractivity contribution in [3.8, 4) is 0 Å². The summed E-state index contributed by atoms with van der Waals surface area (Å²) >= 11 is 1.44. The second-order valence-electron chi connectivity index (χ2n) is 6.35. The Labute approximate surface area is 139 Å². The molecule has 6 nitrogen and oxygen atoms in total. The lowest BCUT2D eigenvalue weighted by Gasteiger charge is -2.42. The summed E-state index contributed by atoms with van der Waals surface area (Å²) in [6, 6.07) is 3.20. The van der Waals surface area contributed by atoms with Crippen molar-refractivity contribution in [2.45, 2.75) is 44.3 Å². The van der Waals surface area contributed by atoms with Gasteiger partial charge in [-0.3, -0.25) is 14.4 Å². The number of nitrogens with one attached hydrogen (secondary N) is 1. The normalized spacial score (nSPS) is 21.7. The van der Waals surface area contributed by atoms with Crippen molar-refractivity contribution in [1.82, 2.24) is 25.0 Å². The zero-order chi connectivity index (χ0) is 15.6. The number of hydrogen-bond donors (Lipinski definition) is 1. The highest BCUT2D eigenvalue weighted by Gasteiger charge is 2.32. The molecule has 0 unspecified atom stereocenters. The summed E-state index contributed by atoms with van der Waals surface area (Å²) in [6.07, 6.45) is 6.78. The molecule has 1 amide bonds. The van der Waals surface area contributed by atoms with Gasteiger partial charge in [0.15, 0.2) is 0 Å². The fourth-order valence-electron chi connectivity index (χ4n) is 3.43. The summed E-state index contributed by atoms with van der Waals surface area (Å²) in [7, 11) is 0. The first-order chi connectivity index (χ1) is 11.3. The van der Waals surface area contributed by atoms with Gasteiger partial charge in [0.2, 0.25) is 0 Å². The van der Waals surface area contributed by atoms with Crippen LogP contribution in [-0.2, 0) is 6.54 Å². The van der Waals surface area contributed by atoms with E-state index in [1.165, 1.54) is 36.3 Å². The molecule has 0 radical (unpaired) electrons. The third kappa shape index (κ3) is 3.03. The van der Waals surface area contributed by atoms with Crippen molar-refractivity contribution in [2.24, 2.45) is 0 Å². The van der Waals surface area contributed by atoms with Crippen LogP contribution in [-0.4, -0.2) is 44.7 Å². The molecule has 0 bridgehead atoms. The van der Waals surface area contributed by atoms with Crippen LogP contribution < -0.4 is 5.32 Å². The SMILES string of the molecule is O=C(NCC[C@@H]1CN(C2CCC2)Cc2ccnn21)c1cscn1. The van der Waals surface area contributed by atoms with Crippen molar-refractivity contribution in [3.05, 3.63) is 34.5 Å². The minimum atomic E-state index is -0.0846. The highest BCUT2D eigenvalue weighted by Crippen LogP contribution is 2.31. The van der Waals surface area contributed by atoms with Crippen LogP contribution in [0.4, 0.5) is 0 Å². The molecule has 23 heavy (non-hydrogen) atoms. The molecule has 0 aromatic carbocycles. The average Bonchev–Trinajstić information content (AvgIpc) is 3.16. The molecule has 7 heteroatoms. The van der Waals surface area contributed by atoms with E-state index in [4.69, 9.17) is 0 Å². The van der Waals surface area contributed by atoms with Crippen LogP contribution in [0.15, 0.2) is 23.2 Å². The number of nitrogens with zero attached hydrogens (tertiary/aromatic N) is 4. The molecule has 122 valence electrons. The predicted molar refractivity (Wildman–Crippen MR) is 88.4 cm³/mol. The van der Waals surface area contributed by atoms with Gasteiger partial charge in [0.1, 0.15) is 5.69 Å². The third-order valence-corrected chi connectivity index (χ3v) is 5.51. The van der Waals surface area contributed by atoms with E-state index >= 15 is 0 Å². The van der Waals surface area contributed by atoms with E-state index in [0.717, 1.165) is 25.6 Å². The van der Waals surface area contributed by atoms with E-state index in [1.54, 1.807) is 10.9 Å². The zero-order valence-corrected chi connectivity index (χ0v) is 13.8. The summed E-state index contributed by atoms with van der Waals surface area (Å²) < 4.78 is 2.14. The van der Waals surface area contributed by atoms with Gasteiger partial charge in [0.05, 0.1) is 17.2 Å². The lowest BCUT2D eigenvalue weighted by Crippen LogP contribution is -2.47. The Morgan fingerprint density at radius 1 is 1.43 bits per heavy atom. The predicted octanol–water partition coefficient (Wildman–Crippen LogP) is 2.07. The molecule has 0 spiro atoms. The maximum atomic E-state index is 12.0. The van der Waals surface area contributed by atoms with Gasteiger partial charge >= 0.3 is 0 Å². The monoisotopic (exact) mass is 331 g/mol. The second-order valence-corrected chi connectivity index (χ2v) is 7.07. The molecule has 1 N–H and O–H groups in total. The first-order valence-electron chi connectivity index (χ1n) is 8.24. The van der Waals surface area contributed by atoms with Crippen LogP contribution in [0.2, 0.25) is 0 Å². The number of carbonyl (C=O) groups excluding carboxylic acids is 1. The van der Waals surface area contributed by atoms with Crippen molar-refractivity contribution in [2.75, 3.05) is 13.1 Å². The van der Waals surface area contributed by atoms with Crippen LogP contribution in [0.5, 0.6) is 0 Å². The zero-order valence-electron chi connectivity index (χ0n) is 13.0. The fourth-order valence-corrected chi connectivity index (χ4v) is 3.96. The molecular formula is C16H21N5OS. The number of amides is 1. The van der Waals surface area contributed by atoms with Gasteiger partial charge in [-0.05, 0) is 25.3 Å². The molecule has 3 heterocycles. The van der Waals surface area contributed by atoms with E-state index in [-0.39, 0.29) is 5.91 Å². The fraction of sp³-hybridized carbons (Fsp3) is 0.562. The molecule has 4 rings (SSSR count). The number of hydrogen-bond acceptors (Lipinski definition) is 5. The Bertz CT molecular complexity index is 664. The molecule has 0 saturated heterocycles. The molecule has 2 aliphatic rings. The van der Waals surface area contributed by atoms with Crippen LogP contribution >= 0.6 is 11.3 Å². The minimum absolute atomic E-state index is 0.0846. The Hall–Kier alpha value is -1.73. The van der Waals surface area contributed by atoms with Crippen molar-refractivity contribution in [1.29, 1.82) is 0 Å². The molecule has 1 saturated carbocycles. The first-order valence-corrected chi connectivity index (χ1v) is 9.18. The number of fused-ring (bicyclic) bond motifs is 1. The quantitative estimate of drug-likeness (QED) is 0.911. The molecular weight excluding hydrogens is 310 g/mol. The topological polar surface area (TPSA) is 63.1 Å². The van der Waals surface area contributed by atoms with Crippen molar-refractivity contribution < 1.29 is 4.79 Å². The van der Waals surface area contributed by atoms with Crippen LogP contribution in [0, 0.1) is 0 Å². The lowest BCUT2D eigenvalue weighted by molar-refractivity contribution is 0.0723. The summed E-state index contributed by atoms with van der Waals surface area (Å²) in [5.41, 5.74) is 3.48. The summed E-state index contributed by atoms with van der Waals surface area (Å²) in [5.74, 6) is -0.0846. The first kappa shape index (κ1) is 14.8. The Morgan fingerprint density at radius 3 is 3.09 bits per heavy atom. The van der Waals surface area contributed by atoms with Gasteiger partial charge < -0.3 is 5.32 Å². The molecule has 2 aromatic heterocycles. The second kappa shape index (κ2) is 6.41. The molecule has 2 aromatic rings. The number of rotatable bonds is 5. The van der Waals surface area contributed by atoms with E-state index in [2.05, 4.69) is 31.0 Å². The maximum absolute atomic E-state index is 12.0. The maximum Gasteiger partial charge on any atom is 0.270 e. The number of carbonyl (C=O) groups is 1. The smallest absolute Gasteiger partial charge is 0.270 e. The van der Waals surface area contributed by atoms with Crippen molar-refractivity contribution in [3.63, 3.8) is 0 Å². The van der Waals surface area contributed by atoms with Crippen LogP contribution in [0.3, 0.4) is 0 Å². The Morgan fingerprint density at radius 2 is 2.35 bits per heavy atom. The van der Waals surface area contributed by atoms with Gasteiger partial charge in [-0.1, -0.05) is 6.42 Å². The standard InChI is InChI=1S/C16H21N5OS/c22-16(15-10-23-11-18-15)17-6-4-13-8-20(12-2-1-3-12)9-14-5-7-19-21(13)14/h5,7,10-13H,1-4,6,8-9H2,(H,17,22)/t13-/m1/s1. The summed E-state index contributed by atoms with van der Waals surface area (Å²) in [5, 5.41) is 9.24. The lowest BCUT2D eigenvalue weighted by atomic mass is 9.90. The van der Waals surface area contributed by atoms with E-state index in [1.807, 2.05) is 6.20 Å². The van der Waals surface area contributed by atoms with E-state index in [9.17, 15) is 4.79 Å². The van der Waals surface area contributed by atoms with Gasteiger partial charge in [-0.25, -0.2) is 4.98 Å². The molecule has 1 atom stereocenters. The highest BCUT2D eigenvalue weighted by molar-refractivity contribution is 7.07. The van der Waals surface area contributed by atoms with Crippen LogP contribution in [0.25, 0.3) is 0 Å². The molecule has 1 fully saturated rings. The average molecular weight is 331 g/mol. The van der Waals surface area contributed by atoms with Gasteiger partial charge in [-0.15, -0.1) is 11.3 Å². The summed E-state index contributed by atoms with van der Waals surface area (Å²) in [4.78, 5) is 18.6. The molecule has 1 aliphatic carbocycles. The van der Waals surface area contributed by atoms with Crippen LogP contribution in [0.1, 0.15) is 47.9 Å². The van der Waals surface area contributed by atoms with E-state index in [0.29, 0.717) is 18.3 Å². The van der Waals surface area contributed by atoms with Crippen molar-refractivity contribution >= 4 is 17.2 Å². The highest BCUT2D eigenvalue weighted by atomic mass is 32.1. The summed E-state index contributed by atoms with van der Waals surface area (Å²) in [6.45, 7) is 2.69.